The molecule has 150 valence electrons. The third kappa shape index (κ3) is 4.71. The molecule has 4 N–H and O–H groups in total. The zero-order valence-electron chi connectivity index (χ0n) is 16.3. The predicted molar refractivity (Wildman–Crippen MR) is 120 cm³/mol. The van der Waals surface area contributed by atoms with Crippen LogP contribution in [0.1, 0.15) is 32.6 Å². The summed E-state index contributed by atoms with van der Waals surface area (Å²) in [7, 11) is 0. The number of hydrogen-bond donors (Lipinski definition) is 4. The molecule has 0 spiro atoms. The van der Waals surface area contributed by atoms with E-state index >= 15 is 0 Å². The van der Waals surface area contributed by atoms with Crippen LogP contribution in [0.4, 0.5) is 11.6 Å². The summed E-state index contributed by atoms with van der Waals surface area (Å²) in [4.78, 5) is 24.3. The first-order valence-electron chi connectivity index (χ1n) is 9.95. The lowest BCUT2D eigenvalue weighted by Gasteiger charge is -2.11. The summed E-state index contributed by atoms with van der Waals surface area (Å²) in [5.74, 6) is 0.419. The highest BCUT2D eigenvalue weighted by molar-refractivity contribution is 7.80. The highest BCUT2D eigenvalue weighted by atomic mass is 32.1. The summed E-state index contributed by atoms with van der Waals surface area (Å²) >= 11 is 5.32. The first kappa shape index (κ1) is 19.3. The number of thiocarbonyl (C=S) groups is 1. The molecule has 1 amide bonds. The molecule has 1 fully saturated rings. The molecule has 1 saturated carbocycles. The summed E-state index contributed by atoms with van der Waals surface area (Å²) < 4.78 is 0. The Kier molecular flexibility index (Phi) is 5.71. The van der Waals surface area contributed by atoms with E-state index in [0.717, 1.165) is 54.6 Å². The number of unbranched alkanes of at least 4 members (excludes halogenated alkanes) is 1. The van der Waals surface area contributed by atoms with E-state index in [0.29, 0.717) is 16.7 Å². The molecule has 0 atom stereocenters. The minimum atomic E-state index is -0.00881. The van der Waals surface area contributed by atoms with Gasteiger partial charge in [0.15, 0.2) is 5.11 Å². The highest BCUT2D eigenvalue weighted by Gasteiger charge is 2.30. The van der Waals surface area contributed by atoms with E-state index in [2.05, 4.69) is 37.8 Å². The maximum atomic E-state index is 12.1. The molecular weight excluding hydrogens is 384 g/mol. The highest BCUT2D eigenvalue weighted by Crippen LogP contribution is 2.31. The van der Waals surface area contributed by atoms with Gasteiger partial charge in [-0.2, -0.15) is 4.98 Å². The average Bonchev–Trinajstić information content (AvgIpc) is 3.46. The lowest BCUT2D eigenvalue weighted by molar-refractivity contribution is -0.117. The number of nitrogens with one attached hydrogen (secondary N) is 4. The average molecular weight is 409 g/mol. The summed E-state index contributed by atoms with van der Waals surface area (Å²) in [6.45, 7) is 3.01. The Morgan fingerprint density at radius 3 is 2.69 bits per heavy atom. The lowest BCUT2D eigenvalue weighted by Crippen LogP contribution is -2.29. The van der Waals surface area contributed by atoms with Crippen LogP contribution in [0.15, 0.2) is 36.5 Å². The van der Waals surface area contributed by atoms with Crippen LogP contribution in [0.2, 0.25) is 0 Å². The second-order valence-electron chi connectivity index (χ2n) is 7.21. The van der Waals surface area contributed by atoms with Crippen LogP contribution < -0.4 is 16.0 Å². The summed E-state index contributed by atoms with van der Waals surface area (Å²) in [5, 5.41) is 10.8. The Balaban J connectivity index is 1.53. The number of rotatable bonds is 7. The van der Waals surface area contributed by atoms with Crippen molar-refractivity contribution in [3.05, 3.63) is 36.5 Å². The van der Waals surface area contributed by atoms with Crippen molar-refractivity contribution in [2.45, 2.75) is 32.6 Å². The van der Waals surface area contributed by atoms with Crippen molar-refractivity contribution in [1.82, 2.24) is 20.3 Å². The molecule has 0 saturated heterocycles. The molecular formula is C21H24N6OS. The van der Waals surface area contributed by atoms with Crippen LogP contribution in [0, 0.1) is 5.92 Å². The van der Waals surface area contributed by atoms with E-state index in [9.17, 15) is 4.79 Å². The van der Waals surface area contributed by atoms with Gasteiger partial charge < -0.3 is 15.6 Å². The van der Waals surface area contributed by atoms with E-state index in [-0.39, 0.29) is 11.8 Å². The van der Waals surface area contributed by atoms with Crippen molar-refractivity contribution < 1.29 is 4.79 Å². The number of hydrogen-bond acceptors (Lipinski definition) is 4. The van der Waals surface area contributed by atoms with E-state index in [1.54, 1.807) is 0 Å². The zero-order valence-corrected chi connectivity index (χ0v) is 17.1. The number of carbonyl (C=O) groups is 1. The first-order valence-corrected chi connectivity index (χ1v) is 10.4. The van der Waals surface area contributed by atoms with Gasteiger partial charge in [0.25, 0.3) is 0 Å². The third-order valence-electron chi connectivity index (χ3n) is 4.83. The molecule has 4 rings (SSSR count). The van der Waals surface area contributed by atoms with E-state index in [4.69, 9.17) is 12.2 Å². The largest absolute Gasteiger partial charge is 0.362 e. The van der Waals surface area contributed by atoms with Gasteiger partial charge in [-0.3, -0.25) is 10.1 Å². The number of carbonyl (C=O) groups excluding carboxylic acids is 1. The van der Waals surface area contributed by atoms with Gasteiger partial charge in [-0.05, 0) is 49.7 Å². The summed E-state index contributed by atoms with van der Waals surface area (Å²) in [6.07, 6.45) is 5.91. The van der Waals surface area contributed by atoms with Gasteiger partial charge in [-0.15, -0.1) is 0 Å². The molecule has 3 aromatic rings. The normalized spacial score (nSPS) is 13.3. The molecule has 2 heterocycles. The molecule has 7 nitrogen and oxygen atoms in total. The quantitative estimate of drug-likeness (QED) is 0.348. The number of H-pyrrole nitrogens is 1. The number of amides is 1. The number of fused-ring (bicyclic) bond motifs is 1. The van der Waals surface area contributed by atoms with Gasteiger partial charge in [0.1, 0.15) is 5.65 Å². The molecule has 1 aliphatic carbocycles. The molecule has 1 aliphatic rings. The van der Waals surface area contributed by atoms with Crippen molar-refractivity contribution in [1.29, 1.82) is 0 Å². The fourth-order valence-corrected chi connectivity index (χ4v) is 3.26. The Morgan fingerprint density at radius 2 is 1.97 bits per heavy atom. The second kappa shape index (κ2) is 8.57. The summed E-state index contributed by atoms with van der Waals surface area (Å²) in [5.41, 5.74) is 3.32. The molecule has 0 aliphatic heterocycles. The number of anilines is 2. The Hall–Kier alpha value is -3.00. The zero-order chi connectivity index (χ0) is 20.2. The van der Waals surface area contributed by atoms with Gasteiger partial charge in [0.05, 0.1) is 5.69 Å². The standard InChI is InChI=1S/C21H24N6OS/c1-2-3-11-23-21(29)24-15-8-6-13(7-9-15)17-16-10-12-22-18(16)26-20(25-17)27-19(28)14-4-5-14/h6-10,12,14H,2-5,11H2,1H3,(H2,23,24,29)(H2,22,25,26,27,28). The van der Waals surface area contributed by atoms with E-state index < -0.39 is 0 Å². The number of nitrogens with zero attached hydrogens (tertiary/aromatic N) is 2. The number of aromatic amines is 1. The maximum Gasteiger partial charge on any atom is 0.232 e. The summed E-state index contributed by atoms with van der Waals surface area (Å²) in [6, 6.07) is 9.84. The van der Waals surface area contributed by atoms with Gasteiger partial charge >= 0.3 is 0 Å². The SMILES string of the molecule is CCCCNC(=S)Nc1ccc(-c2nc(NC(=O)C3CC3)nc3[nH]ccc23)cc1. The smallest absolute Gasteiger partial charge is 0.232 e. The topological polar surface area (TPSA) is 94.7 Å². The van der Waals surface area contributed by atoms with Crippen molar-refractivity contribution in [2.75, 3.05) is 17.2 Å². The monoisotopic (exact) mass is 408 g/mol. The van der Waals surface area contributed by atoms with E-state index in [1.165, 1.54) is 0 Å². The van der Waals surface area contributed by atoms with Crippen LogP contribution in [0.5, 0.6) is 0 Å². The van der Waals surface area contributed by atoms with Crippen molar-refractivity contribution in [3.63, 3.8) is 0 Å². The maximum absolute atomic E-state index is 12.1. The van der Waals surface area contributed by atoms with Crippen molar-refractivity contribution in [3.8, 4) is 11.3 Å². The Morgan fingerprint density at radius 1 is 1.17 bits per heavy atom. The fraction of sp³-hybridized carbons (Fsp3) is 0.333. The lowest BCUT2D eigenvalue weighted by atomic mass is 10.1. The van der Waals surface area contributed by atoms with Crippen molar-refractivity contribution >= 4 is 45.9 Å². The van der Waals surface area contributed by atoms with E-state index in [1.807, 2.05) is 36.5 Å². The Bertz CT molecular complexity index is 1030. The van der Waals surface area contributed by atoms with Crippen LogP contribution in [-0.4, -0.2) is 32.5 Å². The Labute approximate surface area is 174 Å². The molecule has 1 aromatic carbocycles. The van der Waals surface area contributed by atoms with Gasteiger partial charge in [-0.25, -0.2) is 4.98 Å². The minimum Gasteiger partial charge on any atom is -0.362 e. The second-order valence-corrected chi connectivity index (χ2v) is 7.62. The first-order chi connectivity index (χ1) is 14.1. The molecule has 0 bridgehead atoms. The van der Waals surface area contributed by atoms with Crippen LogP contribution in [0.3, 0.4) is 0 Å². The minimum absolute atomic E-state index is 0.00881. The fourth-order valence-electron chi connectivity index (χ4n) is 3.04. The molecule has 8 heteroatoms. The van der Waals surface area contributed by atoms with Gasteiger partial charge in [0, 0.05) is 35.3 Å². The molecule has 2 aromatic heterocycles. The molecule has 29 heavy (non-hydrogen) atoms. The number of aromatic nitrogens is 3. The van der Waals surface area contributed by atoms with Crippen LogP contribution in [0.25, 0.3) is 22.3 Å². The number of benzene rings is 1. The van der Waals surface area contributed by atoms with Crippen LogP contribution >= 0.6 is 12.2 Å². The third-order valence-corrected chi connectivity index (χ3v) is 5.08. The molecule has 0 radical (unpaired) electrons. The van der Waals surface area contributed by atoms with Gasteiger partial charge in [-0.1, -0.05) is 25.5 Å². The van der Waals surface area contributed by atoms with Gasteiger partial charge in [0.2, 0.25) is 11.9 Å². The predicted octanol–water partition coefficient (Wildman–Crippen LogP) is 4.06. The van der Waals surface area contributed by atoms with Crippen molar-refractivity contribution in [2.24, 2.45) is 5.92 Å². The van der Waals surface area contributed by atoms with Crippen LogP contribution in [-0.2, 0) is 4.79 Å². The molecule has 0 unspecified atom stereocenters.